The van der Waals surface area contributed by atoms with Crippen LogP contribution in [-0.4, -0.2) is 64.8 Å². The maximum atomic E-state index is 12.6. The molecule has 8 nitrogen and oxygen atoms in total. The van der Waals surface area contributed by atoms with Crippen LogP contribution in [0.5, 0.6) is 0 Å². The highest BCUT2D eigenvalue weighted by Gasteiger charge is 2.32. The minimum absolute atomic E-state index is 0.0660. The van der Waals surface area contributed by atoms with Gasteiger partial charge in [0.15, 0.2) is 0 Å². The van der Waals surface area contributed by atoms with Crippen molar-refractivity contribution in [1.29, 1.82) is 0 Å². The molecule has 1 unspecified atom stereocenters. The molecule has 2 aromatic rings. The first-order valence-electron chi connectivity index (χ1n) is 7.99. The van der Waals surface area contributed by atoms with Crippen molar-refractivity contribution in [2.75, 3.05) is 32.8 Å². The van der Waals surface area contributed by atoms with Gasteiger partial charge in [0, 0.05) is 25.2 Å². The van der Waals surface area contributed by atoms with Crippen LogP contribution in [0.25, 0.3) is 11.3 Å². The third-order valence-corrected chi connectivity index (χ3v) is 4.52. The molecule has 2 fully saturated rings. The molecule has 2 saturated heterocycles. The Morgan fingerprint density at radius 1 is 1.42 bits per heavy atom. The molecule has 0 saturated carbocycles. The van der Waals surface area contributed by atoms with Crippen LogP contribution in [0.3, 0.4) is 0 Å². The fourth-order valence-corrected chi connectivity index (χ4v) is 3.23. The summed E-state index contributed by atoms with van der Waals surface area (Å²) < 4.78 is 9.98. The first kappa shape index (κ1) is 14.8. The molecular formula is C16H18N4O4. The monoisotopic (exact) mass is 330 g/mol. The van der Waals surface area contributed by atoms with Gasteiger partial charge >= 0.3 is 6.09 Å². The fraction of sp³-hybridized carbons (Fsp3) is 0.438. The van der Waals surface area contributed by atoms with E-state index in [1.54, 1.807) is 34.5 Å². The highest BCUT2D eigenvalue weighted by molar-refractivity contribution is 5.93. The molecule has 1 N–H and O–H groups in total. The maximum Gasteiger partial charge on any atom is 0.409 e. The summed E-state index contributed by atoms with van der Waals surface area (Å²) in [4.78, 5) is 27.6. The largest absolute Gasteiger partial charge is 0.472 e. The Morgan fingerprint density at radius 3 is 3.08 bits per heavy atom. The van der Waals surface area contributed by atoms with Crippen molar-refractivity contribution >= 4 is 12.0 Å². The average Bonchev–Trinajstić information content (AvgIpc) is 3.36. The number of nitrogens with one attached hydrogen (secondary N) is 1. The zero-order valence-corrected chi connectivity index (χ0v) is 13.1. The van der Waals surface area contributed by atoms with Crippen LogP contribution >= 0.6 is 0 Å². The van der Waals surface area contributed by atoms with Gasteiger partial charge in [-0.1, -0.05) is 0 Å². The molecule has 2 amide bonds. The molecular weight excluding hydrogens is 312 g/mol. The van der Waals surface area contributed by atoms with Gasteiger partial charge in [-0.3, -0.25) is 9.89 Å². The average molecular weight is 330 g/mol. The summed E-state index contributed by atoms with van der Waals surface area (Å²) >= 11 is 0. The van der Waals surface area contributed by atoms with Crippen LogP contribution in [0.4, 0.5) is 4.79 Å². The van der Waals surface area contributed by atoms with E-state index in [1.165, 1.54) is 0 Å². The van der Waals surface area contributed by atoms with Gasteiger partial charge in [-0.25, -0.2) is 4.79 Å². The van der Waals surface area contributed by atoms with Gasteiger partial charge in [0.1, 0.15) is 12.3 Å². The summed E-state index contributed by atoms with van der Waals surface area (Å²) in [6.45, 7) is 3.07. The first-order valence-corrected chi connectivity index (χ1v) is 7.99. The Hall–Kier alpha value is -2.77. The fourth-order valence-electron chi connectivity index (χ4n) is 3.23. The lowest BCUT2D eigenvalue weighted by atomic mass is 10.1. The van der Waals surface area contributed by atoms with E-state index < -0.39 is 0 Å². The van der Waals surface area contributed by atoms with E-state index >= 15 is 0 Å². The van der Waals surface area contributed by atoms with Crippen molar-refractivity contribution in [3.8, 4) is 11.3 Å². The number of hydrogen-bond acceptors (Lipinski definition) is 5. The van der Waals surface area contributed by atoms with Crippen LogP contribution < -0.4 is 0 Å². The predicted molar refractivity (Wildman–Crippen MR) is 83.2 cm³/mol. The zero-order chi connectivity index (χ0) is 16.5. The lowest BCUT2D eigenvalue weighted by Crippen LogP contribution is -2.33. The summed E-state index contributed by atoms with van der Waals surface area (Å²) in [6.07, 6.45) is 3.79. The summed E-state index contributed by atoms with van der Waals surface area (Å²) in [6, 6.07) is 3.53. The maximum absolute atomic E-state index is 12.6. The highest BCUT2D eigenvalue weighted by atomic mass is 16.6. The number of H-pyrrole nitrogens is 1. The molecule has 2 aromatic heterocycles. The highest BCUT2D eigenvalue weighted by Crippen LogP contribution is 2.23. The van der Waals surface area contributed by atoms with Gasteiger partial charge in [0.2, 0.25) is 0 Å². The molecule has 126 valence electrons. The summed E-state index contributed by atoms with van der Waals surface area (Å²) in [5.74, 6) is 0.222. The molecule has 4 heterocycles. The van der Waals surface area contributed by atoms with Crippen molar-refractivity contribution in [2.24, 2.45) is 5.92 Å². The first-order chi connectivity index (χ1) is 11.7. The standard InChI is InChI=1S/C16H18N4O4/c21-15(14-7-13(17-18-14)12-2-5-23-10-12)19-3-1-11(8-19)9-20-4-6-24-16(20)22/h2,5,7,10-11H,1,3-4,6,8-9H2,(H,17,18). The molecule has 2 aliphatic rings. The summed E-state index contributed by atoms with van der Waals surface area (Å²) in [5, 5.41) is 6.96. The number of hydrogen-bond donors (Lipinski definition) is 1. The zero-order valence-electron chi connectivity index (χ0n) is 13.1. The second-order valence-corrected chi connectivity index (χ2v) is 6.15. The minimum Gasteiger partial charge on any atom is -0.472 e. The van der Waals surface area contributed by atoms with Gasteiger partial charge in [-0.2, -0.15) is 5.10 Å². The van der Waals surface area contributed by atoms with E-state index in [9.17, 15) is 9.59 Å². The number of carbonyl (C=O) groups excluding carboxylic acids is 2. The lowest BCUT2D eigenvalue weighted by molar-refractivity contribution is 0.0779. The van der Waals surface area contributed by atoms with Crippen molar-refractivity contribution in [2.45, 2.75) is 6.42 Å². The normalized spacial score (nSPS) is 20.7. The Morgan fingerprint density at radius 2 is 2.33 bits per heavy atom. The van der Waals surface area contributed by atoms with E-state index in [1.807, 2.05) is 0 Å². The SMILES string of the molecule is O=C1OCCN1CC1CCN(C(=O)c2cc(-c3ccoc3)n[nH]2)C1. The molecule has 0 aliphatic carbocycles. The molecule has 2 aliphatic heterocycles. The molecule has 0 aromatic carbocycles. The number of aromatic nitrogens is 2. The second-order valence-electron chi connectivity index (χ2n) is 6.15. The van der Waals surface area contributed by atoms with E-state index in [0.717, 1.165) is 12.0 Å². The van der Waals surface area contributed by atoms with Crippen molar-refractivity contribution in [3.05, 3.63) is 30.4 Å². The van der Waals surface area contributed by atoms with Gasteiger partial charge in [0.25, 0.3) is 5.91 Å². The lowest BCUT2D eigenvalue weighted by Gasteiger charge is -2.19. The van der Waals surface area contributed by atoms with Gasteiger partial charge in [0.05, 0.1) is 24.8 Å². The molecule has 0 bridgehead atoms. The Bertz CT molecular complexity index is 739. The number of aromatic amines is 1. The number of likely N-dealkylation sites (tertiary alicyclic amines) is 1. The van der Waals surface area contributed by atoms with Crippen molar-refractivity contribution in [1.82, 2.24) is 20.0 Å². The summed E-state index contributed by atoms with van der Waals surface area (Å²) in [5.41, 5.74) is 1.98. The third kappa shape index (κ3) is 2.75. The number of carbonyl (C=O) groups is 2. The van der Waals surface area contributed by atoms with Gasteiger partial charge in [-0.05, 0) is 24.5 Å². The second kappa shape index (κ2) is 6.03. The molecule has 0 spiro atoms. The topological polar surface area (TPSA) is 91.7 Å². The number of ether oxygens (including phenoxy) is 1. The molecule has 8 heteroatoms. The van der Waals surface area contributed by atoms with Crippen LogP contribution in [0, 0.1) is 5.92 Å². The Labute approximate surface area is 138 Å². The Kier molecular flexibility index (Phi) is 3.72. The van der Waals surface area contributed by atoms with E-state index in [0.29, 0.717) is 44.2 Å². The minimum atomic E-state index is -0.252. The number of nitrogens with zero attached hydrogens (tertiary/aromatic N) is 3. The smallest absolute Gasteiger partial charge is 0.409 e. The quantitative estimate of drug-likeness (QED) is 0.919. The van der Waals surface area contributed by atoms with Gasteiger partial charge < -0.3 is 19.0 Å². The number of amides is 2. The van der Waals surface area contributed by atoms with Gasteiger partial charge in [-0.15, -0.1) is 0 Å². The van der Waals surface area contributed by atoms with E-state index in [2.05, 4.69) is 10.2 Å². The van der Waals surface area contributed by atoms with Crippen LogP contribution in [0.2, 0.25) is 0 Å². The molecule has 24 heavy (non-hydrogen) atoms. The van der Waals surface area contributed by atoms with Crippen LogP contribution in [0.1, 0.15) is 16.9 Å². The molecule has 0 radical (unpaired) electrons. The van der Waals surface area contributed by atoms with Crippen molar-refractivity contribution < 1.29 is 18.7 Å². The van der Waals surface area contributed by atoms with Crippen molar-refractivity contribution in [3.63, 3.8) is 0 Å². The Balaban J connectivity index is 1.38. The number of furan rings is 1. The number of rotatable bonds is 4. The third-order valence-electron chi connectivity index (χ3n) is 4.52. The summed E-state index contributed by atoms with van der Waals surface area (Å²) in [7, 11) is 0. The number of cyclic esters (lactones) is 1. The predicted octanol–water partition coefficient (Wildman–Crippen LogP) is 1.58. The van der Waals surface area contributed by atoms with Crippen LogP contribution in [-0.2, 0) is 4.74 Å². The molecule has 4 rings (SSSR count). The van der Waals surface area contributed by atoms with E-state index in [-0.39, 0.29) is 17.9 Å². The van der Waals surface area contributed by atoms with E-state index in [4.69, 9.17) is 9.15 Å². The molecule has 1 atom stereocenters. The van der Waals surface area contributed by atoms with Crippen LogP contribution in [0.15, 0.2) is 29.1 Å².